The fraction of sp³-hybridized carbons (Fsp3) is 0.303. The van der Waals surface area contributed by atoms with Gasteiger partial charge in [0.25, 0.3) is 5.91 Å². The van der Waals surface area contributed by atoms with Crippen molar-refractivity contribution in [3.63, 3.8) is 0 Å². The molecule has 1 aliphatic heterocycles. The summed E-state index contributed by atoms with van der Waals surface area (Å²) in [5.41, 5.74) is 1.58. The summed E-state index contributed by atoms with van der Waals surface area (Å²) in [5, 5.41) is 4.90. The minimum atomic E-state index is -3.79. The van der Waals surface area contributed by atoms with E-state index in [0.717, 1.165) is 10.8 Å². The summed E-state index contributed by atoms with van der Waals surface area (Å²) in [7, 11) is -1.24. The van der Waals surface area contributed by atoms with Crippen molar-refractivity contribution in [2.45, 2.75) is 48.9 Å². The lowest BCUT2D eigenvalue weighted by molar-refractivity contribution is -0.133. The number of likely N-dealkylation sites (tertiary alicyclic amines) is 1. The second kappa shape index (κ2) is 13.3. The Hall–Kier alpha value is -4.75. The molecule has 1 saturated heterocycles. The van der Waals surface area contributed by atoms with Gasteiger partial charge in [-0.15, -0.1) is 0 Å². The minimum Gasteiger partial charge on any atom is -0.494 e. The van der Waals surface area contributed by atoms with Crippen LogP contribution in [0, 0.1) is 5.82 Å². The Morgan fingerprint density at radius 1 is 1.07 bits per heavy atom. The molecule has 1 aromatic heterocycles. The first kappa shape index (κ1) is 32.6. The van der Waals surface area contributed by atoms with E-state index in [4.69, 9.17) is 15.3 Å². The molecule has 0 spiro atoms. The lowest BCUT2D eigenvalue weighted by Gasteiger charge is -2.35. The quantitative estimate of drug-likeness (QED) is 0.177. The van der Waals surface area contributed by atoms with Crippen LogP contribution in [0.2, 0.25) is 0 Å². The number of nitrogens with zero attached hydrogens (tertiary/aromatic N) is 3. The third-order valence-electron chi connectivity index (χ3n) is 8.19. The summed E-state index contributed by atoms with van der Waals surface area (Å²) in [6.45, 7) is 3.48. The Morgan fingerprint density at radius 2 is 1.85 bits per heavy atom. The second-order valence-corrected chi connectivity index (χ2v) is 13.7. The predicted octanol–water partition coefficient (Wildman–Crippen LogP) is 5.53. The molecule has 2 amide bonds. The van der Waals surface area contributed by atoms with Crippen LogP contribution in [0.5, 0.6) is 5.75 Å². The van der Waals surface area contributed by atoms with Crippen molar-refractivity contribution in [3.05, 3.63) is 90.0 Å². The van der Waals surface area contributed by atoms with Gasteiger partial charge < -0.3 is 14.4 Å². The molecule has 13 heteroatoms. The smallest absolute Gasteiger partial charge is 0.411 e. The molecule has 0 radical (unpaired) electrons. The highest BCUT2D eigenvalue weighted by molar-refractivity contribution is 7.92. The Bertz CT molecular complexity index is 1890. The fourth-order valence-electron chi connectivity index (χ4n) is 5.73. The number of sulfone groups is 1. The molecule has 3 aromatic carbocycles. The van der Waals surface area contributed by atoms with Crippen LogP contribution >= 0.6 is 0 Å². The number of rotatable bonds is 9. The third kappa shape index (κ3) is 6.33. The number of hydrogen-bond acceptors (Lipinski definition) is 9. The molecular weight excluding hydrogens is 613 g/mol. The van der Waals surface area contributed by atoms with E-state index in [9.17, 15) is 22.4 Å². The number of carbonyl (C=O) groups is 2. The number of anilines is 2. The number of hydrazine groups is 1. The van der Waals surface area contributed by atoms with Gasteiger partial charge in [-0.25, -0.2) is 23.4 Å². The number of benzene rings is 3. The summed E-state index contributed by atoms with van der Waals surface area (Å²) in [6.07, 6.45) is 3.69. The average Bonchev–Trinajstić information content (AvgIpc) is 3.55. The number of ether oxygens (including phenoxy) is 2. The SMILES string of the molecule is COC(=O)Nc1ccc(S(=O)(=O)C(C)C)c([C@H]2CCCN2C(=O)[C@H](c2ccc(F)c(OC)c2)N(N)c2ccc3cnccc3c2)c1. The van der Waals surface area contributed by atoms with Crippen molar-refractivity contribution < 1.29 is 31.9 Å². The number of fused-ring (bicyclic) bond motifs is 1. The normalized spacial score (nSPS) is 15.5. The molecule has 2 heterocycles. The van der Waals surface area contributed by atoms with Crippen molar-refractivity contribution >= 4 is 44.0 Å². The van der Waals surface area contributed by atoms with E-state index < -0.39 is 45.0 Å². The van der Waals surface area contributed by atoms with E-state index >= 15 is 0 Å². The van der Waals surface area contributed by atoms with Crippen LogP contribution in [0.4, 0.5) is 20.6 Å². The zero-order valence-electron chi connectivity index (χ0n) is 25.9. The first-order valence-corrected chi connectivity index (χ1v) is 16.2. The first-order valence-electron chi connectivity index (χ1n) is 14.7. The van der Waals surface area contributed by atoms with E-state index in [1.165, 1.54) is 49.6 Å². The maximum absolute atomic E-state index is 14.7. The molecule has 1 aliphatic rings. The highest BCUT2D eigenvalue weighted by atomic mass is 32.2. The standard InChI is InChI=1S/C33H36FN5O6S/c1-20(2)46(42,43)30-12-9-24(37-33(41)45-4)18-26(30)28-6-5-15-38(28)32(40)31(22-8-11-27(34)29(17-22)44-3)39(35)25-10-7-23-19-36-14-13-21(23)16-25/h7-14,16-20,28,31H,5-6,15,35H2,1-4H3,(H,37,41)/t28-,31+/m1/s1. The van der Waals surface area contributed by atoms with Crippen molar-refractivity contribution in [2.24, 2.45) is 5.84 Å². The van der Waals surface area contributed by atoms with E-state index in [1.807, 2.05) is 18.2 Å². The van der Waals surface area contributed by atoms with E-state index in [-0.39, 0.29) is 10.6 Å². The number of halogens is 1. The van der Waals surface area contributed by atoms with Gasteiger partial charge >= 0.3 is 6.09 Å². The van der Waals surface area contributed by atoms with Gasteiger partial charge in [0.15, 0.2) is 21.4 Å². The fourth-order valence-corrected chi connectivity index (χ4v) is 7.02. The average molecular weight is 650 g/mol. The van der Waals surface area contributed by atoms with Crippen LogP contribution < -0.4 is 20.9 Å². The maximum Gasteiger partial charge on any atom is 0.411 e. The van der Waals surface area contributed by atoms with Gasteiger partial charge in [0.1, 0.15) is 6.04 Å². The maximum atomic E-state index is 14.7. The summed E-state index contributed by atoms with van der Waals surface area (Å²) in [4.78, 5) is 32.5. The molecule has 0 aliphatic carbocycles. The van der Waals surface area contributed by atoms with Crippen LogP contribution in [0.1, 0.15) is 49.9 Å². The highest BCUT2D eigenvalue weighted by Crippen LogP contribution is 2.41. The molecule has 3 N–H and O–H groups in total. The molecule has 0 bridgehead atoms. The van der Waals surface area contributed by atoms with Gasteiger partial charge in [0, 0.05) is 30.0 Å². The van der Waals surface area contributed by atoms with Gasteiger partial charge in [-0.1, -0.05) is 12.1 Å². The predicted molar refractivity (Wildman–Crippen MR) is 173 cm³/mol. The number of nitrogens with two attached hydrogens (primary N) is 1. The van der Waals surface area contributed by atoms with Gasteiger partial charge in [-0.3, -0.25) is 20.1 Å². The Balaban J connectivity index is 1.62. The number of nitrogens with one attached hydrogen (secondary N) is 1. The van der Waals surface area contributed by atoms with Gasteiger partial charge in [-0.2, -0.15) is 0 Å². The summed E-state index contributed by atoms with van der Waals surface area (Å²) in [5.74, 6) is 5.68. The molecule has 1 fully saturated rings. The first-order chi connectivity index (χ1) is 22.0. The molecule has 4 aromatic rings. The van der Waals surface area contributed by atoms with Crippen molar-refractivity contribution in [3.8, 4) is 5.75 Å². The molecule has 242 valence electrons. The van der Waals surface area contributed by atoms with Crippen LogP contribution in [-0.2, 0) is 19.4 Å². The molecule has 0 saturated carbocycles. The topological polar surface area (TPSA) is 144 Å². The Kier molecular flexibility index (Phi) is 9.44. The third-order valence-corrected chi connectivity index (χ3v) is 10.4. The molecule has 0 unspecified atom stereocenters. The minimum absolute atomic E-state index is 0.0573. The highest BCUT2D eigenvalue weighted by Gasteiger charge is 2.40. The second-order valence-electron chi connectivity index (χ2n) is 11.3. The number of amides is 2. The Labute approximate surface area is 267 Å². The lowest BCUT2D eigenvalue weighted by Crippen LogP contribution is -2.46. The van der Waals surface area contributed by atoms with Crippen LogP contribution in [-0.4, -0.2) is 56.3 Å². The summed E-state index contributed by atoms with van der Waals surface area (Å²) < 4.78 is 51.5. The molecule has 2 atom stereocenters. The molecule has 11 nitrogen and oxygen atoms in total. The van der Waals surface area contributed by atoms with E-state index in [0.29, 0.717) is 41.9 Å². The zero-order chi connectivity index (χ0) is 33.2. The van der Waals surface area contributed by atoms with Crippen molar-refractivity contribution in [1.82, 2.24) is 9.88 Å². The van der Waals surface area contributed by atoms with E-state index in [1.54, 1.807) is 43.3 Å². The van der Waals surface area contributed by atoms with E-state index in [2.05, 4.69) is 10.3 Å². The van der Waals surface area contributed by atoms with Crippen molar-refractivity contribution in [1.29, 1.82) is 0 Å². The van der Waals surface area contributed by atoms with Crippen LogP contribution in [0.3, 0.4) is 0 Å². The summed E-state index contributed by atoms with van der Waals surface area (Å²) >= 11 is 0. The van der Waals surface area contributed by atoms with Crippen LogP contribution in [0.25, 0.3) is 10.8 Å². The largest absolute Gasteiger partial charge is 0.494 e. The van der Waals surface area contributed by atoms with Crippen LogP contribution in [0.15, 0.2) is 78.0 Å². The number of pyridine rings is 1. The molecular formula is C33H36FN5O6S. The van der Waals surface area contributed by atoms with Gasteiger partial charge in [0.2, 0.25) is 0 Å². The van der Waals surface area contributed by atoms with Gasteiger partial charge in [0.05, 0.1) is 36.1 Å². The Morgan fingerprint density at radius 3 is 2.57 bits per heavy atom. The number of carbonyl (C=O) groups excluding carboxylic acids is 2. The molecule has 46 heavy (non-hydrogen) atoms. The zero-order valence-corrected chi connectivity index (χ0v) is 26.8. The number of aromatic nitrogens is 1. The summed E-state index contributed by atoms with van der Waals surface area (Å²) in [6, 6.07) is 14.1. The number of methoxy groups -OCH3 is 2. The van der Waals surface area contributed by atoms with Crippen molar-refractivity contribution in [2.75, 3.05) is 31.1 Å². The number of hydrogen-bond donors (Lipinski definition) is 2. The monoisotopic (exact) mass is 649 g/mol. The van der Waals surface area contributed by atoms with Gasteiger partial charge in [-0.05, 0) is 91.7 Å². The molecule has 5 rings (SSSR count). The lowest BCUT2D eigenvalue weighted by atomic mass is 10.00.